The molecule has 0 atom stereocenters. The number of rotatable bonds is 4. The summed E-state index contributed by atoms with van der Waals surface area (Å²) < 4.78 is 0. The molecule has 0 unspecified atom stereocenters. The lowest BCUT2D eigenvalue weighted by Crippen LogP contribution is -2.58. The first-order chi connectivity index (χ1) is 24.0. The molecule has 49 heavy (non-hydrogen) atoms. The van der Waals surface area contributed by atoms with Crippen LogP contribution in [0.15, 0.2) is 127 Å². The van der Waals surface area contributed by atoms with Gasteiger partial charge in [-0.1, -0.05) is 129 Å². The van der Waals surface area contributed by atoms with Crippen LogP contribution in [0.3, 0.4) is 0 Å². The van der Waals surface area contributed by atoms with E-state index in [1.807, 2.05) is 6.07 Å². The van der Waals surface area contributed by atoms with Crippen LogP contribution in [0.4, 0.5) is 0 Å². The highest BCUT2D eigenvalue weighted by Gasteiger charge is 2.62. The Hall–Kier alpha value is -4.89. The lowest BCUT2D eigenvalue weighted by molar-refractivity contribution is -0.0443. The van der Waals surface area contributed by atoms with Crippen LogP contribution in [-0.4, -0.2) is 15.0 Å². The van der Waals surface area contributed by atoms with Gasteiger partial charge in [-0.05, 0) is 101 Å². The van der Waals surface area contributed by atoms with E-state index in [0.717, 1.165) is 39.9 Å². The van der Waals surface area contributed by atoms with E-state index in [-0.39, 0.29) is 10.8 Å². The average molecular weight is 636 g/mol. The first kappa shape index (κ1) is 29.1. The molecule has 1 heterocycles. The fourth-order valence-electron chi connectivity index (χ4n) is 10.9. The molecule has 11 rings (SSSR count). The number of hydrogen-bond acceptors (Lipinski definition) is 3. The highest BCUT2D eigenvalue weighted by atomic mass is 15.0. The monoisotopic (exact) mass is 635 g/mol. The van der Waals surface area contributed by atoms with E-state index in [4.69, 9.17) is 15.0 Å². The summed E-state index contributed by atoms with van der Waals surface area (Å²) in [5.74, 6) is 5.32. The lowest BCUT2D eigenvalue weighted by atomic mass is 9.39. The predicted molar refractivity (Wildman–Crippen MR) is 198 cm³/mol. The van der Waals surface area contributed by atoms with E-state index in [9.17, 15) is 0 Å². The fourth-order valence-corrected chi connectivity index (χ4v) is 10.9. The molecule has 240 valence electrons. The summed E-state index contributed by atoms with van der Waals surface area (Å²) in [4.78, 5) is 15.6. The van der Waals surface area contributed by atoms with Crippen molar-refractivity contribution in [1.29, 1.82) is 0 Å². The standard InChI is InChI=1S/C46H41N3/c1-45(2)38-18-9-10-19-40(38)46(36-23-29-22-30(25-36)26-37(46)24-29)41-28-35(20-21-39(41)45)44-48-42(32-14-7-4-8-15-32)47-43(49-44)34-17-11-16-33(27-34)31-12-5-3-6-13-31/h3-21,27-30,36-37H,22-26H2,1-2H3. The first-order valence-electron chi connectivity index (χ1n) is 18.2. The van der Waals surface area contributed by atoms with Crippen molar-refractivity contribution < 1.29 is 0 Å². The number of benzene rings is 5. The molecule has 1 spiro atoms. The number of fused-ring (bicyclic) bond motifs is 2. The summed E-state index contributed by atoms with van der Waals surface area (Å²) in [5.41, 5.74) is 11.5. The third kappa shape index (κ3) is 4.37. The molecule has 4 saturated carbocycles. The molecule has 3 heteroatoms. The van der Waals surface area contributed by atoms with Gasteiger partial charge >= 0.3 is 0 Å². The van der Waals surface area contributed by atoms with Crippen LogP contribution < -0.4 is 0 Å². The third-order valence-corrected chi connectivity index (χ3v) is 12.8. The molecule has 5 aliphatic carbocycles. The van der Waals surface area contributed by atoms with E-state index in [1.54, 1.807) is 5.56 Å². The molecule has 1 aromatic heterocycles. The van der Waals surface area contributed by atoms with Gasteiger partial charge in [0.2, 0.25) is 0 Å². The van der Waals surface area contributed by atoms with Crippen molar-refractivity contribution in [1.82, 2.24) is 15.0 Å². The Bertz CT molecular complexity index is 2190. The van der Waals surface area contributed by atoms with Gasteiger partial charge in [-0.25, -0.2) is 15.0 Å². The Kier molecular flexibility index (Phi) is 6.41. The van der Waals surface area contributed by atoms with Crippen molar-refractivity contribution in [3.63, 3.8) is 0 Å². The van der Waals surface area contributed by atoms with Gasteiger partial charge in [0.1, 0.15) is 0 Å². The first-order valence-corrected chi connectivity index (χ1v) is 18.2. The van der Waals surface area contributed by atoms with Gasteiger partial charge in [0.25, 0.3) is 0 Å². The molecule has 0 aliphatic heterocycles. The quantitative estimate of drug-likeness (QED) is 0.193. The van der Waals surface area contributed by atoms with Gasteiger partial charge in [-0.15, -0.1) is 0 Å². The predicted octanol–water partition coefficient (Wildman–Crippen LogP) is 10.9. The highest BCUT2D eigenvalue weighted by Crippen LogP contribution is 2.68. The van der Waals surface area contributed by atoms with Gasteiger partial charge in [0, 0.05) is 27.5 Å². The molecular weight excluding hydrogens is 595 g/mol. The molecule has 6 aromatic rings. The summed E-state index contributed by atoms with van der Waals surface area (Å²) in [5, 5.41) is 0. The Labute approximate surface area is 289 Å². The molecule has 3 nitrogen and oxygen atoms in total. The van der Waals surface area contributed by atoms with Crippen molar-refractivity contribution >= 4 is 0 Å². The highest BCUT2D eigenvalue weighted by molar-refractivity contribution is 5.73. The van der Waals surface area contributed by atoms with Crippen LogP contribution in [0.25, 0.3) is 45.3 Å². The molecule has 0 radical (unpaired) electrons. The Morgan fingerprint density at radius 3 is 1.55 bits per heavy atom. The summed E-state index contributed by atoms with van der Waals surface area (Å²) in [7, 11) is 0. The maximum atomic E-state index is 5.27. The van der Waals surface area contributed by atoms with Gasteiger partial charge in [-0.3, -0.25) is 0 Å². The third-order valence-electron chi connectivity index (χ3n) is 12.8. The molecule has 4 bridgehead atoms. The minimum absolute atomic E-state index is 0.0486. The zero-order valence-electron chi connectivity index (χ0n) is 28.3. The van der Waals surface area contributed by atoms with Gasteiger partial charge in [-0.2, -0.15) is 0 Å². The molecular formula is C46H41N3. The molecule has 4 fully saturated rings. The molecule has 5 aliphatic rings. The van der Waals surface area contributed by atoms with E-state index in [2.05, 4.69) is 135 Å². The van der Waals surface area contributed by atoms with Gasteiger partial charge < -0.3 is 0 Å². The van der Waals surface area contributed by atoms with Crippen molar-refractivity contribution in [2.45, 2.75) is 56.8 Å². The van der Waals surface area contributed by atoms with Crippen molar-refractivity contribution in [3.05, 3.63) is 150 Å². The molecule has 5 aromatic carbocycles. The second-order valence-corrected chi connectivity index (χ2v) is 15.7. The lowest BCUT2D eigenvalue weighted by Gasteiger charge is -2.64. The molecule has 0 N–H and O–H groups in total. The minimum atomic E-state index is -0.0816. The Morgan fingerprint density at radius 2 is 0.898 bits per heavy atom. The second-order valence-electron chi connectivity index (χ2n) is 15.7. The zero-order chi connectivity index (χ0) is 32.7. The van der Waals surface area contributed by atoms with E-state index in [0.29, 0.717) is 23.5 Å². The van der Waals surface area contributed by atoms with Crippen LogP contribution in [0, 0.1) is 23.7 Å². The summed E-state index contributed by atoms with van der Waals surface area (Å²) in [6.45, 7) is 4.86. The van der Waals surface area contributed by atoms with Crippen LogP contribution in [0.2, 0.25) is 0 Å². The average Bonchev–Trinajstić information content (AvgIpc) is 3.15. The number of hydrogen-bond donors (Lipinski definition) is 0. The van der Waals surface area contributed by atoms with Crippen molar-refractivity contribution in [3.8, 4) is 45.3 Å². The number of nitrogens with zero attached hydrogens (tertiary/aromatic N) is 3. The van der Waals surface area contributed by atoms with Crippen LogP contribution >= 0.6 is 0 Å². The topological polar surface area (TPSA) is 38.7 Å². The molecule has 0 saturated heterocycles. The molecule has 0 amide bonds. The SMILES string of the molecule is CC1(C)c2ccccc2C2(c3cc(-c4nc(-c5ccccc5)nc(-c5cccc(-c6ccccc6)c5)n4)ccc31)C1CC3CC(C1)CC2C3. The van der Waals surface area contributed by atoms with Crippen molar-refractivity contribution in [2.75, 3.05) is 0 Å². The van der Waals surface area contributed by atoms with E-state index >= 15 is 0 Å². The maximum Gasteiger partial charge on any atom is 0.164 e. The summed E-state index contributed by atoms with van der Waals surface area (Å²) in [6.07, 6.45) is 6.88. The Morgan fingerprint density at radius 1 is 0.408 bits per heavy atom. The van der Waals surface area contributed by atoms with Crippen LogP contribution in [0.1, 0.15) is 68.2 Å². The second kappa shape index (κ2) is 10.8. The van der Waals surface area contributed by atoms with Crippen LogP contribution in [0.5, 0.6) is 0 Å². The largest absolute Gasteiger partial charge is 0.208 e. The Balaban J connectivity index is 1.18. The zero-order valence-corrected chi connectivity index (χ0v) is 28.3. The van der Waals surface area contributed by atoms with Crippen molar-refractivity contribution in [2.24, 2.45) is 23.7 Å². The van der Waals surface area contributed by atoms with E-state index in [1.165, 1.54) is 54.4 Å². The fraction of sp³-hybridized carbons (Fsp3) is 0.283. The maximum absolute atomic E-state index is 5.27. The van der Waals surface area contributed by atoms with Gasteiger partial charge in [0.05, 0.1) is 0 Å². The van der Waals surface area contributed by atoms with Crippen LogP contribution in [-0.2, 0) is 10.8 Å². The summed E-state index contributed by atoms with van der Waals surface area (Å²) in [6, 6.07) is 46.2. The normalized spacial score (nSPS) is 25.6. The van der Waals surface area contributed by atoms with E-state index < -0.39 is 0 Å². The van der Waals surface area contributed by atoms with Gasteiger partial charge in [0.15, 0.2) is 17.5 Å². The summed E-state index contributed by atoms with van der Waals surface area (Å²) >= 11 is 0. The smallest absolute Gasteiger partial charge is 0.164 e. The number of aromatic nitrogens is 3. The minimum Gasteiger partial charge on any atom is -0.208 e.